The molecule has 0 atom stereocenters. The van der Waals surface area contributed by atoms with E-state index in [0.29, 0.717) is 12.4 Å². The highest BCUT2D eigenvalue weighted by atomic mass is 79.9. The molecule has 114 valence electrons. The topological polar surface area (TPSA) is 90.9 Å². The van der Waals surface area contributed by atoms with Crippen LogP contribution < -0.4 is 5.14 Å². The van der Waals surface area contributed by atoms with Crippen molar-refractivity contribution in [3.8, 4) is 11.4 Å². The van der Waals surface area contributed by atoms with E-state index < -0.39 is 10.0 Å². The van der Waals surface area contributed by atoms with E-state index in [-0.39, 0.29) is 11.1 Å². The number of hydrogen-bond donors (Lipinski definition) is 1. The molecular weight excluding hydrogens is 356 g/mol. The van der Waals surface area contributed by atoms with Gasteiger partial charge in [-0.05, 0) is 24.5 Å². The number of nitrogens with zero attached hydrogens (tertiary/aromatic N) is 3. The Kier molecular flexibility index (Phi) is 4.50. The van der Waals surface area contributed by atoms with Crippen molar-refractivity contribution >= 4 is 26.0 Å². The predicted octanol–water partition coefficient (Wildman–Crippen LogP) is 2.32. The lowest BCUT2D eigenvalue weighted by molar-refractivity contribution is 0.486. The van der Waals surface area contributed by atoms with Crippen molar-refractivity contribution in [2.45, 2.75) is 32.5 Å². The molecule has 0 bridgehead atoms. The average Bonchev–Trinajstić information content (AvgIpc) is 2.75. The van der Waals surface area contributed by atoms with E-state index >= 15 is 0 Å². The summed E-state index contributed by atoms with van der Waals surface area (Å²) in [6.07, 6.45) is 0. The summed E-state index contributed by atoms with van der Waals surface area (Å²) in [7, 11) is -3.91. The largest absolute Gasteiger partial charge is 0.296 e. The van der Waals surface area contributed by atoms with Crippen LogP contribution in [0.4, 0.5) is 0 Å². The van der Waals surface area contributed by atoms with Gasteiger partial charge in [0.25, 0.3) is 15.2 Å². The molecule has 8 heteroatoms. The first-order valence-electron chi connectivity index (χ1n) is 6.42. The Morgan fingerprint density at radius 1 is 1.33 bits per heavy atom. The first-order chi connectivity index (χ1) is 9.70. The molecule has 0 spiro atoms. The van der Waals surface area contributed by atoms with Gasteiger partial charge in [0.1, 0.15) is 0 Å². The molecule has 1 heterocycles. The van der Waals surface area contributed by atoms with E-state index in [1.165, 1.54) is 0 Å². The Labute approximate surface area is 132 Å². The second kappa shape index (κ2) is 5.86. The molecule has 0 fully saturated rings. The van der Waals surface area contributed by atoms with Gasteiger partial charge in [0.2, 0.25) is 0 Å². The van der Waals surface area contributed by atoms with Crippen molar-refractivity contribution in [3.05, 3.63) is 28.2 Å². The number of primary sulfonamides is 1. The van der Waals surface area contributed by atoms with Gasteiger partial charge < -0.3 is 0 Å². The Bertz CT molecular complexity index is 768. The summed E-state index contributed by atoms with van der Waals surface area (Å²) < 4.78 is 25.8. The van der Waals surface area contributed by atoms with Crippen molar-refractivity contribution in [1.82, 2.24) is 14.8 Å². The smallest absolute Gasteiger partial charge is 0.273 e. The Hall–Kier alpha value is -1.25. The van der Waals surface area contributed by atoms with E-state index in [1.54, 1.807) is 4.57 Å². The van der Waals surface area contributed by atoms with Gasteiger partial charge in [-0.2, -0.15) is 0 Å². The molecule has 2 aromatic rings. The highest BCUT2D eigenvalue weighted by molar-refractivity contribution is 9.10. The molecule has 2 N–H and O–H groups in total. The minimum atomic E-state index is -3.91. The average molecular weight is 373 g/mol. The zero-order valence-electron chi connectivity index (χ0n) is 12.0. The van der Waals surface area contributed by atoms with Crippen LogP contribution in [0, 0.1) is 12.8 Å². The summed E-state index contributed by atoms with van der Waals surface area (Å²) in [5.41, 5.74) is 1.87. The lowest BCUT2D eigenvalue weighted by Gasteiger charge is -2.12. The van der Waals surface area contributed by atoms with Crippen molar-refractivity contribution in [1.29, 1.82) is 0 Å². The van der Waals surface area contributed by atoms with Crippen LogP contribution in [0.1, 0.15) is 19.4 Å². The molecule has 21 heavy (non-hydrogen) atoms. The van der Waals surface area contributed by atoms with Crippen LogP contribution in [0.15, 0.2) is 27.8 Å². The monoisotopic (exact) mass is 372 g/mol. The van der Waals surface area contributed by atoms with E-state index in [2.05, 4.69) is 26.1 Å². The van der Waals surface area contributed by atoms with Crippen LogP contribution in [0.2, 0.25) is 0 Å². The number of hydrogen-bond acceptors (Lipinski definition) is 4. The normalized spacial score (nSPS) is 12.1. The maximum atomic E-state index is 11.6. The molecule has 0 aliphatic carbocycles. The molecule has 0 unspecified atom stereocenters. The molecule has 6 nitrogen and oxygen atoms in total. The van der Waals surface area contributed by atoms with Gasteiger partial charge in [-0.15, -0.1) is 10.2 Å². The number of rotatable bonds is 4. The lowest BCUT2D eigenvalue weighted by Crippen LogP contribution is -2.20. The minimum absolute atomic E-state index is 0.206. The fourth-order valence-electron chi connectivity index (χ4n) is 1.97. The number of benzene rings is 1. The van der Waals surface area contributed by atoms with Crippen molar-refractivity contribution in [2.75, 3.05) is 0 Å². The first kappa shape index (κ1) is 16.1. The lowest BCUT2D eigenvalue weighted by atomic mass is 10.1. The third-order valence-electron chi connectivity index (χ3n) is 2.95. The molecular formula is C13H17BrN4O2S. The molecule has 2 rings (SSSR count). The van der Waals surface area contributed by atoms with E-state index in [0.717, 1.165) is 15.6 Å². The summed E-state index contributed by atoms with van der Waals surface area (Å²) >= 11 is 3.46. The number of halogens is 1. The highest BCUT2D eigenvalue weighted by Gasteiger charge is 2.22. The fraction of sp³-hybridized carbons (Fsp3) is 0.385. The van der Waals surface area contributed by atoms with E-state index in [4.69, 9.17) is 5.14 Å². The van der Waals surface area contributed by atoms with Gasteiger partial charge >= 0.3 is 0 Å². The van der Waals surface area contributed by atoms with Crippen LogP contribution in [0.25, 0.3) is 11.4 Å². The third-order valence-corrected chi connectivity index (χ3v) is 4.61. The van der Waals surface area contributed by atoms with Crippen LogP contribution in [-0.4, -0.2) is 23.2 Å². The first-order valence-corrected chi connectivity index (χ1v) is 8.76. The van der Waals surface area contributed by atoms with Crippen LogP contribution >= 0.6 is 15.9 Å². The van der Waals surface area contributed by atoms with Crippen LogP contribution in [0.3, 0.4) is 0 Å². The van der Waals surface area contributed by atoms with Gasteiger partial charge in [0.05, 0.1) is 0 Å². The van der Waals surface area contributed by atoms with Crippen LogP contribution in [-0.2, 0) is 16.6 Å². The Morgan fingerprint density at radius 2 is 2.00 bits per heavy atom. The number of sulfonamides is 1. The highest BCUT2D eigenvalue weighted by Crippen LogP contribution is 2.26. The van der Waals surface area contributed by atoms with Crippen molar-refractivity contribution in [3.63, 3.8) is 0 Å². The van der Waals surface area contributed by atoms with Crippen LogP contribution in [0.5, 0.6) is 0 Å². The number of aromatic nitrogens is 3. The standard InChI is InChI=1S/C13H17BrN4O2S/c1-8(2)7-18-12(16-17-13(18)21(15,19)20)10-5-4-9(3)11(14)6-10/h4-6,8H,7H2,1-3H3,(H2,15,19,20). The summed E-state index contributed by atoms with van der Waals surface area (Å²) in [6.45, 7) is 6.42. The van der Waals surface area contributed by atoms with E-state index in [1.807, 2.05) is 39.0 Å². The second-order valence-electron chi connectivity index (χ2n) is 5.32. The number of aryl methyl sites for hydroxylation is 1. The molecule has 0 aliphatic rings. The van der Waals surface area contributed by atoms with Gasteiger partial charge in [-0.1, -0.05) is 41.9 Å². The quantitative estimate of drug-likeness (QED) is 0.891. The van der Waals surface area contributed by atoms with Crippen molar-refractivity contribution < 1.29 is 8.42 Å². The molecule has 0 aliphatic heterocycles. The predicted molar refractivity (Wildman–Crippen MR) is 84.1 cm³/mol. The van der Waals surface area contributed by atoms with E-state index in [9.17, 15) is 8.42 Å². The SMILES string of the molecule is Cc1ccc(-c2nnc(S(N)(=O)=O)n2CC(C)C)cc1Br. The summed E-state index contributed by atoms with van der Waals surface area (Å²) in [6, 6.07) is 5.71. The van der Waals surface area contributed by atoms with Gasteiger partial charge in [0, 0.05) is 16.6 Å². The molecule has 1 aromatic carbocycles. The number of nitrogens with two attached hydrogens (primary N) is 1. The van der Waals surface area contributed by atoms with Gasteiger partial charge in [-0.3, -0.25) is 4.57 Å². The van der Waals surface area contributed by atoms with Crippen molar-refractivity contribution in [2.24, 2.45) is 11.1 Å². The maximum absolute atomic E-state index is 11.6. The Morgan fingerprint density at radius 3 is 2.52 bits per heavy atom. The summed E-state index contributed by atoms with van der Waals surface area (Å²) in [5, 5.41) is 12.8. The zero-order chi connectivity index (χ0) is 15.8. The van der Waals surface area contributed by atoms with Gasteiger partial charge in [-0.25, -0.2) is 13.6 Å². The molecule has 0 radical (unpaired) electrons. The molecule has 1 aromatic heterocycles. The molecule has 0 saturated carbocycles. The maximum Gasteiger partial charge on any atom is 0.273 e. The minimum Gasteiger partial charge on any atom is -0.296 e. The Balaban J connectivity index is 2.63. The summed E-state index contributed by atoms with van der Waals surface area (Å²) in [4.78, 5) is 0. The summed E-state index contributed by atoms with van der Waals surface area (Å²) in [5.74, 6) is 0.725. The molecule has 0 amide bonds. The van der Waals surface area contributed by atoms with Gasteiger partial charge in [0.15, 0.2) is 5.82 Å². The fourth-order valence-corrected chi connectivity index (χ4v) is 2.98. The zero-order valence-corrected chi connectivity index (χ0v) is 14.4. The third kappa shape index (κ3) is 3.50. The molecule has 0 saturated heterocycles. The second-order valence-corrected chi connectivity index (χ2v) is 7.63.